The summed E-state index contributed by atoms with van der Waals surface area (Å²) in [6, 6.07) is 0. The molecule has 76 valence electrons. The molecule has 1 atom stereocenters. The number of aromatic amines is 1. The number of nitrogens with zero attached hydrogens (tertiary/aromatic N) is 2. The first-order valence-corrected chi connectivity index (χ1v) is 4.55. The highest BCUT2D eigenvalue weighted by atomic mass is 16.4. The third kappa shape index (κ3) is 1.37. The Kier molecular flexibility index (Phi) is 2.20. The molecular weight excluding hydrogens is 184 g/mol. The Morgan fingerprint density at radius 1 is 1.57 bits per heavy atom. The van der Waals surface area contributed by atoms with Crippen LogP contribution in [-0.2, 0) is 0 Å². The Morgan fingerprint density at radius 2 is 2.29 bits per heavy atom. The topological polar surface area (TPSA) is 90.9 Å². The van der Waals surface area contributed by atoms with Gasteiger partial charge in [-0.15, -0.1) is 5.10 Å². The van der Waals surface area contributed by atoms with E-state index in [0.29, 0.717) is 11.6 Å². The van der Waals surface area contributed by atoms with Gasteiger partial charge in [-0.3, -0.25) is 0 Å². The van der Waals surface area contributed by atoms with Crippen LogP contribution in [0.3, 0.4) is 0 Å². The molecule has 1 aliphatic heterocycles. The largest absolute Gasteiger partial charge is 0.476 e. The summed E-state index contributed by atoms with van der Waals surface area (Å²) in [5.74, 6) is -0.410. The zero-order valence-corrected chi connectivity index (χ0v) is 7.82. The van der Waals surface area contributed by atoms with Gasteiger partial charge in [0.15, 0.2) is 5.69 Å². The van der Waals surface area contributed by atoms with Gasteiger partial charge in [0.1, 0.15) is 5.69 Å². The predicted octanol–water partition coefficient (Wildman–Crippen LogP) is -0.174. The van der Waals surface area contributed by atoms with E-state index in [1.807, 2.05) is 6.92 Å². The molecule has 0 aromatic carbocycles. The lowest BCUT2D eigenvalue weighted by molar-refractivity contribution is 0.0688. The van der Waals surface area contributed by atoms with Crippen molar-refractivity contribution >= 4 is 5.97 Å². The van der Waals surface area contributed by atoms with Crippen LogP contribution in [0.1, 0.15) is 29.0 Å². The average Bonchev–Trinajstić information content (AvgIpc) is 2.47. The molecule has 0 spiro atoms. The highest BCUT2D eigenvalue weighted by molar-refractivity contribution is 5.86. The number of H-pyrrole nitrogens is 1. The zero-order valence-electron chi connectivity index (χ0n) is 7.82. The Balaban J connectivity index is 2.21. The molecule has 14 heavy (non-hydrogen) atoms. The monoisotopic (exact) mass is 196 g/mol. The van der Waals surface area contributed by atoms with Crippen LogP contribution in [0.15, 0.2) is 0 Å². The maximum Gasteiger partial charge on any atom is 0.358 e. The van der Waals surface area contributed by atoms with E-state index in [1.54, 1.807) is 0 Å². The van der Waals surface area contributed by atoms with Gasteiger partial charge in [-0.2, -0.15) is 10.3 Å². The Labute approximate surface area is 80.7 Å². The molecular formula is C8H12N4O2. The van der Waals surface area contributed by atoms with E-state index in [2.05, 4.69) is 20.7 Å². The van der Waals surface area contributed by atoms with Gasteiger partial charge in [-0.1, -0.05) is 6.92 Å². The Bertz CT molecular complexity index is 345. The summed E-state index contributed by atoms with van der Waals surface area (Å²) < 4.78 is 0. The maximum atomic E-state index is 10.8. The number of carboxylic acids is 1. The van der Waals surface area contributed by atoms with Crippen molar-refractivity contribution in [3.63, 3.8) is 0 Å². The molecule has 1 fully saturated rings. The summed E-state index contributed by atoms with van der Waals surface area (Å²) in [6.07, 6.45) is 0. The normalized spacial score (nSPS) is 18.9. The lowest BCUT2D eigenvalue weighted by Crippen LogP contribution is -2.44. The number of nitrogens with one attached hydrogen (secondary N) is 2. The van der Waals surface area contributed by atoms with Crippen molar-refractivity contribution in [3.05, 3.63) is 11.4 Å². The molecule has 1 unspecified atom stereocenters. The fourth-order valence-electron chi connectivity index (χ4n) is 1.60. The molecule has 0 bridgehead atoms. The smallest absolute Gasteiger partial charge is 0.358 e. The van der Waals surface area contributed by atoms with E-state index in [9.17, 15) is 4.79 Å². The molecule has 0 amide bonds. The van der Waals surface area contributed by atoms with Crippen molar-refractivity contribution in [2.24, 2.45) is 5.92 Å². The van der Waals surface area contributed by atoms with Crippen LogP contribution in [0.5, 0.6) is 0 Å². The lowest BCUT2D eigenvalue weighted by Gasteiger charge is -2.31. The van der Waals surface area contributed by atoms with Gasteiger partial charge in [0.2, 0.25) is 0 Å². The SMILES string of the molecule is CC(c1n[nH]nc1C(=O)O)C1CNC1. The van der Waals surface area contributed by atoms with Gasteiger partial charge in [-0.05, 0) is 19.0 Å². The minimum Gasteiger partial charge on any atom is -0.476 e. The number of rotatable bonds is 3. The number of hydrogen-bond acceptors (Lipinski definition) is 4. The Morgan fingerprint density at radius 3 is 2.79 bits per heavy atom. The average molecular weight is 196 g/mol. The second kappa shape index (κ2) is 3.38. The second-order valence-corrected chi connectivity index (χ2v) is 3.57. The molecule has 1 aromatic heterocycles. The van der Waals surface area contributed by atoms with Gasteiger partial charge in [0.05, 0.1) is 0 Å². The molecule has 0 aliphatic carbocycles. The van der Waals surface area contributed by atoms with E-state index in [1.165, 1.54) is 0 Å². The van der Waals surface area contributed by atoms with Crippen LogP contribution in [0.4, 0.5) is 0 Å². The molecule has 3 N–H and O–H groups in total. The molecule has 1 aliphatic rings. The molecule has 2 heterocycles. The molecule has 0 saturated carbocycles. The van der Waals surface area contributed by atoms with Gasteiger partial charge in [-0.25, -0.2) is 4.79 Å². The molecule has 1 saturated heterocycles. The van der Waals surface area contributed by atoms with Crippen LogP contribution in [0.2, 0.25) is 0 Å². The van der Waals surface area contributed by atoms with Crippen LogP contribution >= 0.6 is 0 Å². The summed E-state index contributed by atoms with van der Waals surface area (Å²) in [6.45, 7) is 3.83. The van der Waals surface area contributed by atoms with Crippen molar-refractivity contribution in [1.82, 2.24) is 20.7 Å². The molecule has 1 aromatic rings. The third-order valence-corrected chi connectivity index (χ3v) is 2.73. The molecule has 0 radical (unpaired) electrons. The van der Waals surface area contributed by atoms with Crippen LogP contribution in [-0.4, -0.2) is 39.6 Å². The fraction of sp³-hybridized carbons (Fsp3) is 0.625. The zero-order chi connectivity index (χ0) is 10.1. The van der Waals surface area contributed by atoms with Crippen LogP contribution in [0.25, 0.3) is 0 Å². The third-order valence-electron chi connectivity index (χ3n) is 2.73. The summed E-state index contributed by atoms with van der Waals surface area (Å²) in [7, 11) is 0. The van der Waals surface area contributed by atoms with E-state index >= 15 is 0 Å². The van der Waals surface area contributed by atoms with Gasteiger partial charge in [0.25, 0.3) is 0 Å². The van der Waals surface area contributed by atoms with E-state index in [0.717, 1.165) is 13.1 Å². The van der Waals surface area contributed by atoms with E-state index in [4.69, 9.17) is 5.11 Å². The summed E-state index contributed by atoms with van der Waals surface area (Å²) in [5.41, 5.74) is 0.605. The van der Waals surface area contributed by atoms with Crippen LogP contribution < -0.4 is 5.32 Å². The Hall–Kier alpha value is -1.43. The summed E-state index contributed by atoms with van der Waals surface area (Å²) >= 11 is 0. The number of aromatic carboxylic acids is 1. The number of aromatic nitrogens is 3. The maximum absolute atomic E-state index is 10.8. The number of carboxylic acid groups (broad SMARTS) is 1. The van der Waals surface area contributed by atoms with Gasteiger partial charge >= 0.3 is 5.97 Å². The molecule has 6 heteroatoms. The highest BCUT2D eigenvalue weighted by Gasteiger charge is 2.30. The minimum absolute atomic E-state index is 0.0457. The molecule has 6 nitrogen and oxygen atoms in total. The standard InChI is InChI=1S/C8H12N4O2/c1-4(5-2-9-3-5)6-7(8(13)14)11-12-10-6/h4-5,9H,2-3H2,1H3,(H,13,14)(H,10,11,12). The quantitative estimate of drug-likeness (QED) is 0.624. The second-order valence-electron chi connectivity index (χ2n) is 3.57. The fourth-order valence-corrected chi connectivity index (χ4v) is 1.60. The van der Waals surface area contributed by atoms with Crippen molar-refractivity contribution in [2.75, 3.05) is 13.1 Å². The first-order chi connectivity index (χ1) is 6.70. The highest BCUT2D eigenvalue weighted by Crippen LogP contribution is 2.26. The number of carbonyl (C=O) groups is 1. The minimum atomic E-state index is -1.02. The van der Waals surface area contributed by atoms with Gasteiger partial charge < -0.3 is 10.4 Å². The molecule has 2 rings (SSSR count). The van der Waals surface area contributed by atoms with Crippen molar-refractivity contribution in [3.8, 4) is 0 Å². The first-order valence-electron chi connectivity index (χ1n) is 4.55. The van der Waals surface area contributed by atoms with Crippen LogP contribution in [0, 0.1) is 5.92 Å². The predicted molar refractivity (Wildman–Crippen MR) is 48.1 cm³/mol. The van der Waals surface area contributed by atoms with Crippen molar-refractivity contribution < 1.29 is 9.90 Å². The van der Waals surface area contributed by atoms with Crippen molar-refractivity contribution in [1.29, 1.82) is 0 Å². The number of hydrogen-bond donors (Lipinski definition) is 3. The van der Waals surface area contributed by atoms with E-state index in [-0.39, 0.29) is 11.6 Å². The van der Waals surface area contributed by atoms with Gasteiger partial charge in [0, 0.05) is 5.92 Å². The first kappa shape index (κ1) is 9.14. The summed E-state index contributed by atoms with van der Waals surface area (Å²) in [4.78, 5) is 10.8. The summed E-state index contributed by atoms with van der Waals surface area (Å²) in [5, 5.41) is 21.9. The van der Waals surface area contributed by atoms with Crippen molar-refractivity contribution in [2.45, 2.75) is 12.8 Å². The lowest BCUT2D eigenvalue weighted by atomic mass is 9.86. The van der Waals surface area contributed by atoms with E-state index < -0.39 is 5.97 Å².